The van der Waals surface area contributed by atoms with Gasteiger partial charge in [-0.15, -0.1) is 0 Å². The molecule has 10 heteroatoms. The molecule has 1 atom stereocenters. The number of hydrogen-bond acceptors (Lipinski definition) is 8. The Balaban J connectivity index is 1.38. The number of amides is 2. The van der Waals surface area contributed by atoms with Gasteiger partial charge in [0.1, 0.15) is 11.9 Å². The first kappa shape index (κ1) is 26.2. The molecular formula is C28H39N7O3. The molecule has 0 unspecified atom stereocenters. The number of hydrogen-bond donors (Lipinski definition) is 2. The van der Waals surface area contributed by atoms with Crippen molar-refractivity contribution in [2.75, 3.05) is 49.4 Å². The quantitative estimate of drug-likeness (QED) is 0.570. The van der Waals surface area contributed by atoms with Crippen LogP contribution in [-0.2, 0) is 4.79 Å². The molecule has 2 aromatic heterocycles. The lowest BCUT2D eigenvalue weighted by Crippen LogP contribution is -2.55. The fourth-order valence-corrected chi connectivity index (χ4v) is 5.97. The molecular weight excluding hydrogens is 482 g/mol. The standard InChI is InChI=1S/C28H39N7O3/c1-5-21-28(37)34(3)23-17-29-25(15-22(23)35(21)20-8-6-7-9-20)32-26-24(38-4)14-18(16-30-26)27(36)31-19-10-12-33(2)13-11-19/h14-17,19-21H,5-13H2,1-4H3,(H,31,36)(H,29,30,32)/t21-/m1/s1. The summed E-state index contributed by atoms with van der Waals surface area (Å²) in [5.74, 6) is 1.53. The van der Waals surface area contributed by atoms with Crippen molar-refractivity contribution in [2.24, 2.45) is 0 Å². The van der Waals surface area contributed by atoms with E-state index in [1.54, 1.807) is 30.5 Å². The van der Waals surface area contributed by atoms with E-state index in [1.807, 2.05) is 13.1 Å². The highest BCUT2D eigenvalue weighted by atomic mass is 16.5. The Kier molecular flexibility index (Phi) is 7.69. The van der Waals surface area contributed by atoms with Gasteiger partial charge in [0.15, 0.2) is 11.6 Å². The predicted octanol–water partition coefficient (Wildman–Crippen LogP) is 3.56. The van der Waals surface area contributed by atoms with Crippen LogP contribution in [0.15, 0.2) is 24.5 Å². The topological polar surface area (TPSA) is 103 Å². The Bertz CT molecular complexity index is 1180. The van der Waals surface area contributed by atoms with Crippen molar-refractivity contribution in [1.82, 2.24) is 20.2 Å². The SMILES string of the molecule is CC[C@@H]1C(=O)N(C)c2cnc(Nc3ncc(C(=O)NC4CCN(C)CC4)cc3OC)cc2N1C1CCCC1. The molecule has 1 saturated carbocycles. The Labute approximate surface area is 224 Å². The Morgan fingerprint density at radius 2 is 1.79 bits per heavy atom. The maximum atomic E-state index is 13.2. The van der Waals surface area contributed by atoms with E-state index in [4.69, 9.17) is 4.74 Å². The van der Waals surface area contributed by atoms with Crippen LogP contribution in [0.25, 0.3) is 0 Å². The molecule has 0 bridgehead atoms. The molecule has 2 aromatic rings. The Morgan fingerprint density at radius 1 is 1.05 bits per heavy atom. The first-order valence-electron chi connectivity index (χ1n) is 13.8. The van der Waals surface area contributed by atoms with E-state index < -0.39 is 0 Å². The van der Waals surface area contributed by atoms with Gasteiger partial charge in [-0.2, -0.15) is 0 Å². The molecule has 0 aromatic carbocycles. The third-order valence-electron chi connectivity index (χ3n) is 8.19. The zero-order valence-electron chi connectivity index (χ0n) is 22.9. The molecule has 0 radical (unpaired) electrons. The maximum absolute atomic E-state index is 13.2. The first-order chi connectivity index (χ1) is 18.4. The fourth-order valence-electron chi connectivity index (χ4n) is 5.97. The molecule has 2 aliphatic heterocycles. The van der Waals surface area contributed by atoms with Crippen LogP contribution in [0.4, 0.5) is 23.0 Å². The molecule has 204 valence electrons. The second-order valence-corrected chi connectivity index (χ2v) is 10.7. The van der Waals surface area contributed by atoms with Gasteiger partial charge in [-0.25, -0.2) is 9.97 Å². The number of aromatic nitrogens is 2. The Morgan fingerprint density at radius 3 is 2.47 bits per heavy atom. The lowest BCUT2D eigenvalue weighted by Gasteiger charge is -2.44. The number of fused-ring (bicyclic) bond motifs is 1. The van der Waals surface area contributed by atoms with Crippen LogP contribution in [0.1, 0.15) is 62.2 Å². The van der Waals surface area contributed by atoms with Gasteiger partial charge in [-0.1, -0.05) is 19.8 Å². The van der Waals surface area contributed by atoms with E-state index in [1.165, 1.54) is 12.8 Å². The van der Waals surface area contributed by atoms with Gasteiger partial charge in [0.2, 0.25) is 5.91 Å². The number of ether oxygens (including phenoxy) is 1. The van der Waals surface area contributed by atoms with Gasteiger partial charge in [0.25, 0.3) is 5.91 Å². The summed E-state index contributed by atoms with van der Waals surface area (Å²) in [6.45, 7) is 4.03. The minimum Gasteiger partial charge on any atom is -0.493 e. The number of carbonyl (C=O) groups is 2. The highest BCUT2D eigenvalue weighted by Crippen LogP contribution is 2.42. The van der Waals surface area contributed by atoms with E-state index in [0.717, 1.165) is 56.6 Å². The van der Waals surface area contributed by atoms with Crippen LogP contribution in [0.5, 0.6) is 5.75 Å². The largest absolute Gasteiger partial charge is 0.493 e. The maximum Gasteiger partial charge on any atom is 0.253 e. The molecule has 38 heavy (non-hydrogen) atoms. The summed E-state index contributed by atoms with van der Waals surface area (Å²) in [6, 6.07) is 4.05. The predicted molar refractivity (Wildman–Crippen MR) is 149 cm³/mol. The van der Waals surface area contributed by atoms with Gasteiger partial charge < -0.3 is 30.1 Å². The number of anilines is 4. The zero-order valence-corrected chi connectivity index (χ0v) is 22.9. The van der Waals surface area contributed by atoms with Crippen molar-refractivity contribution in [2.45, 2.75) is 70.0 Å². The number of nitrogens with zero attached hydrogens (tertiary/aromatic N) is 5. The first-order valence-corrected chi connectivity index (χ1v) is 13.8. The number of rotatable bonds is 7. The molecule has 2 amide bonds. The lowest BCUT2D eigenvalue weighted by molar-refractivity contribution is -0.120. The van der Waals surface area contributed by atoms with Crippen LogP contribution >= 0.6 is 0 Å². The minimum absolute atomic E-state index is 0.117. The van der Waals surface area contributed by atoms with Gasteiger partial charge in [-0.05, 0) is 58.3 Å². The summed E-state index contributed by atoms with van der Waals surface area (Å²) in [5, 5.41) is 6.41. The number of likely N-dealkylation sites (tertiary alicyclic amines) is 1. The van der Waals surface area contributed by atoms with Crippen LogP contribution in [-0.4, -0.2) is 79.1 Å². The molecule has 4 heterocycles. The van der Waals surface area contributed by atoms with E-state index in [0.29, 0.717) is 29.0 Å². The molecule has 1 aliphatic carbocycles. The molecule has 1 saturated heterocycles. The van der Waals surface area contributed by atoms with E-state index in [2.05, 4.69) is 44.4 Å². The zero-order chi connectivity index (χ0) is 26.8. The lowest BCUT2D eigenvalue weighted by atomic mass is 10.0. The minimum atomic E-state index is -0.180. The number of nitrogens with one attached hydrogen (secondary N) is 2. The third-order valence-corrected chi connectivity index (χ3v) is 8.19. The monoisotopic (exact) mass is 521 g/mol. The summed E-state index contributed by atoms with van der Waals surface area (Å²) in [4.78, 5) is 41.5. The van der Waals surface area contributed by atoms with Crippen LogP contribution < -0.4 is 25.2 Å². The second kappa shape index (κ2) is 11.1. The van der Waals surface area contributed by atoms with Gasteiger partial charge in [0, 0.05) is 31.4 Å². The van der Waals surface area contributed by atoms with Gasteiger partial charge in [0.05, 0.1) is 30.2 Å². The molecule has 2 fully saturated rings. The van der Waals surface area contributed by atoms with Crippen molar-refractivity contribution >= 4 is 34.8 Å². The van der Waals surface area contributed by atoms with Crippen molar-refractivity contribution < 1.29 is 14.3 Å². The number of pyridine rings is 2. The van der Waals surface area contributed by atoms with E-state index >= 15 is 0 Å². The fraction of sp³-hybridized carbons (Fsp3) is 0.571. The molecule has 10 nitrogen and oxygen atoms in total. The molecule has 3 aliphatic rings. The number of carbonyl (C=O) groups excluding carboxylic acids is 2. The Hall–Kier alpha value is -3.40. The van der Waals surface area contributed by atoms with Crippen LogP contribution in [0.3, 0.4) is 0 Å². The summed E-state index contributed by atoms with van der Waals surface area (Å²) < 4.78 is 5.59. The smallest absolute Gasteiger partial charge is 0.253 e. The van der Waals surface area contributed by atoms with Crippen molar-refractivity contribution in [3.8, 4) is 5.75 Å². The summed E-state index contributed by atoms with van der Waals surface area (Å²) in [7, 11) is 5.49. The van der Waals surface area contributed by atoms with Crippen LogP contribution in [0.2, 0.25) is 0 Å². The second-order valence-electron chi connectivity index (χ2n) is 10.7. The highest BCUT2D eigenvalue weighted by molar-refractivity contribution is 6.05. The summed E-state index contributed by atoms with van der Waals surface area (Å²) in [5.41, 5.74) is 2.29. The van der Waals surface area contributed by atoms with Crippen molar-refractivity contribution in [1.29, 1.82) is 0 Å². The van der Waals surface area contributed by atoms with E-state index in [-0.39, 0.29) is 23.9 Å². The third kappa shape index (κ3) is 5.14. The van der Waals surface area contributed by atoms with Gasteiger partial charge in [-0.3, -0.25) is 9.59 Å². The average Bonchev–Trinajstić information content (AvgIpc) is 3.46. The average molecular weight is 522 g/mol. The molecule has 5 rings (SSSR count). The summed E-state index contributed by atoms with van der Waals surface area (Å²) >= 11 is 0. The molecule has 2 N–H and O–H groups in total. The number of methoxy groups -OCH3 is 1. The van der Waals surface area contributed by atoms with Crippen LogP contribution in [0, 0.1) is 0 Å². The number of piperidine rings is 1. The van der Waals surface area contributed by atoms with Crippen molar-refractivity contribution in [3.63, 3.8) is 0 Å². The normalized spacial score (nSPS) is 20.9. The highest BCUT2D eigenvalue weighted by Gasteiger charge is 2.40. The van der Waals surface area contributed by atoms with Gasteiger partial charge >= 0.3 is 0 Å². The molecule has 0 spiro atoms. The number of likely N-dealkylation sites (N-methyl/N-ethyl adjacent to an activating group) is 1. The summed E-state index contributed by atoms with van der Waals surface area (Å²) in [6.07, 6.45) is 10.5. The van der Waals surface area contributed by atoms with Crippen molar-refractivity contribution in [3.05, 3.63) is 30.1 Å². The van der Waals surface area contributed by atoms with E-state index in [9.17, 15) is 9.59 Å².